The number of primary sulfonamides is 1. The first-order valence-corrected chi connectivity index (χ1v) is 11.6. The number of ether oxygens (including phenoxy) is 1. The van der Waals surface area contributed by atoms with E-state index in [4.69, 9.17) is 5.14 Å². The van der Waals surface area contributed by atoms with Gasteiger partial charge in [0.15, 0.2) is 4.80 Å². The molecule has 0 spiro atoms. The lowest BCUT2D eigenvalue weighted by Crippen LogP contribution is -2.19. The molecule has 2 N–H and O–H groups in total. The van der Waals surface area contributed by atoms with E-state index in [2.05, 4.69) is 9.73 Å². The number of nitrogens with two attached hydrogens (primary N) is 1. The van der Waals surface area contributed by atoms with Crippen molar-refractivity contribution in [2.24, 2.45) is 10.1 Å². The summed E-state index contributed by atoms with van der Waals surface area (Å²) < 4.78 is 30.2. The van der Waals surface area contributed by atoms with Crippen LogP contribution < -0.4 is 9.94 Å². The molecule has 0 aliphatic heterocycles. The van der Waals surface area contributed by atoms with Gasteiger partial charge in [0.05, 0.1) is 28.6 Å². The fourth-order valence-corrected chi connectivity index (χ4v) is 4.84. The van der Waals surface area contributed by atoms with Crippen molar-refractivity contribution in [2.75, 3.05) is 7.11 Å². The maximum absolute atomic E-state index is 12.3. The molecule has 0 aliphatic rings. The number of methoxy groups -OCH3 is 1. The standard InChI is InChI=1S/C18H17N3O5S3/c1-26-17(23)8-9-21-14-6-5-13(29(19,24)25)11-15(14)28-18(21)20-16(22)7-4-12-3-2-10-27-12/h2-7,10-11H,8-9H2,1H3,(H2,19,24,25)/b7-4+,20-18?. The summed E-state index contributed by atoms with van der Waals surface area (Å²) in [7, 11) is -2.58. The quantitative estimate of drug-likeness (QED) is 0.454. The molecule has 0 unspecified atom stereocenters. The second kappa shape index (κ2) is 8.82. The number of aromatic nitrogens is 1. The predicted molar refractivity (Wildman–Crippen MR) is 112 cm³/mol. The fraction of sp³-hybridized carbons (Fsp3) is 0.167. The Morgan fingerprint density at radius 1 is 1.31 bits per heavy atom. The number of thiophene rings is 1. The number of sulfonamides is 1. The minimum absolute atomic E-state index is 0.0400. The lowest BCUT2D eigenvalue weighted by Gasteiger charge is -2.05. The monoisotopic (exact) mass is 451 g/mol. The third kappa shape index (κ3) is 5.26. The van der Waals surface area contributed by atoms with Gasteiger partial charge in [0.25, 0.3) is 5.91 Å². The van der Waals surface area contributed by atoms with Gasteiger partial charge in [-0.2, -0.15) is 4.99 Å². The van der Waals surface area contributed by atoms with Crippen molar-refractivity contribution in [3.63, 3.8) is 0 Å². The summed E-state index contributed by atoms with van der Waals surface area (Å²) in [6.07, 6.45) is 3.10. The molecule has 0 saturated carbocycles. The molecule has 3 rings (SSSR count). The number of nitrogens with zero attached hydrogens (tertiary/aromatic N) is 2. The molecule has 11 heteroatoms. The molecule has 0 aliphatic carbocycles. The van der Waals surface area contributed by atoms with Crippen LogP contribution in [0.2, 0.25) is 0 Å². The molecule has 0 radical (unpaired) electrons. The summed E-state index contributed by atoms with van der Waals surface area (Å²) in [6, 6.07) is 8.13. The van der Waals surface area contributed by atoms with Crippen molar-refractivity contribution in [1.29, 1.82) is 0 Å². The smallest absolute Gasteiger partial charge is 0.307 e. The lowest BCUT2D eigenvalue weighted by molar-refractivity contribution is -0.140. The van der Waals surface area contributed by atoms with Gasteiger partial charge in [0, 0.05) is 17.5 Å². The number of amides is 1. The average Bonchev–Trinajstić information content (AvgIpc) is 3.30. The second-order valence-corrected chi connectivity index (χ2v) is 9.39. The van der Waals surface area contributed by atoms with E-state index >= 15 is 0 Å². The Balaban J connectivity index is 2.05. The van der Waals surface area contributed by atoms with E-state index in [9.17, 15) is 18.0 Å². The van der Waals surface area contributed by atoms with Crippen LogP contribution in [0.3, 0.4) is 0 Å². The van der Waals surface area contributed by atoms with E-state index in [-0.39, 0.29) is 17.9 Å². The van der Waals surface area contributed by atoms with Crippen molar-refractivity contribution < 1.29 is 22.7 Å². The van der Waals surface area contributed by atoms with Crippen LogP contribution in [0.5, 0.6) is 0 Å². The summed E-state index contributed by atoms with van der Waals surface area (Å²) in [5.41, 5.74) is 0.639. The topological polar surface area (TPSA) is 121 Å². The van der Waals surface area contributed by atoms with Gasteiger partial charge in [-0.15, -0.1) is 11.3 Å². The Morgan fingerprint density at radius 2 is 2.10 bits per heavy atom. The highest BCUT2D eigenvalue weighted by atomic mass is 32.2. The number of esters is 1. The molecule has 0 saturated heterocycles. The Morgan fingerprint density at radius 3 is 2.76 bits per heavy atom. The zero-order valence-corrected chi connectivity index (χ0v) is 17.7. The molecule has 29 heavy (non-hydrogen) atoms. The van der Waals surface area contributed by atoms with Gasteiger partial charge < -0.3 is 9.30 Å². The first kappa shape index (κ1) is 21.1. The molecule has 1 aromatic carbocycles. The van der Waals surface area contributed by atoms with Crippen molar-refractivity contribution in [1.82, 2.24) is 4.57 Å². The van der Waals surface area contributed by atoms with Crippen LogP contribution in [-0.4, -0.2) is 32.0 Å². The van der Waals surface area contributed by atoms with Crippen LogP contribution in [0.1, 0.15) is 11.3 Å². The minimum atomic E-state index is -3.87. The largest absolute Gasteiger partial charge is 0.469 e. The molecule has 0 fully saturated rings. The van der Waals surface area contributed by atoms with E-state index in [0.717, 1.165) is 16.2 Å². The Kier molecular flexibility index (Phi) is 6.42. The van der Waals surface area contributed by atoms with Gasteiger partial charge in [-0.25, -0.2) is 13.6 Å². The number of hydrogen-bond donors (Lipinski definition) is 1. The highest BCUT2D eigenvalue weighted by Crippen LogP contribution is 2.21. The Labute approximate surface area is 174 Å². The second-order valence-electron chi connectivity index (χ2n) is 5.84. The van der Waals surface area contributed by atoms with E-state index in [0.29, 0.717) is 15.0 Å². The number of thiazole rings is 1. The molecule has 1 amide bonds. The van der Waals surface area contributed by atoms with Gasteiger partial charge in [-0.3, -0.25) is 9.59 Å². The van der Waals surface area contributed by atoms with Gasteiger partial charge in [-0.05, 0) is 35.7 Å². The molecule has 152 valence electrons. The van der Waals surface area contributed by atoms with Gasteiger partial charge in [0.2, 0.25) is 10.0 Å². The third-order valence-corrected chi connectivity index (χ3v) is 6.68. The molecule has 2 heterocycles. The highest BCUT2D eigenvalue weighted by molar-refractivity contribution is 7.89. The summed E-state index contributed by atoms with van der Waals surface area (Å²) in [5, 5.41) is 7.10. The van der Waals surface area contributed by atoms with E-state index in [1.807, 2.05) is 17.5 Å². The summed E-state index contributed by atoms with van der Waals surface area (Å²) in [5.74, 6) is -0.878. The van der Waals surface area contributed by atoms with Crippen molar-refractivity contribution >= 4 is 60.9 Å². The van der Waals surface area contributed by atoms with Crippen LogP contribution in [-0.2, 0) is 30.9 Å². The third-order valence-electron chi connectivity index (χ3n) is 3.89. The van der Waals surface area contributed by atoms with Gasteiger partial charge >= 0.3 is 5.97 Å². The number of aryl methyl sites for hydroxylation is 1. The Bertz CT molecular complexity index is 1250. The summed E-state index contributed by atoms with van der Waals surface area (Å²) in [6.45, 7) is 0.224. The highest BCUT2D eigenvalue weighted by Gasteiger charge is 2.14. The number of rotatable bonds is 6. The van der Waals surface area contributed by atoms with Crippen LogP contribution in [0.15, 0.2) is 51.7 Å². The van der Waals surface area contributed by atoms with Crippen molar-refractivity contribution in [2.45, 2.75) is 17.9 Å². The van der Waals surface area contributed by atoms with Crippen LogP contribution in [0.4, 0.5) is 0 Å². The fourth-order valence-electron chi connectivity index (χ4n) is 2.51. The maximum atomic E-state index is 12.3. The van der Waals surface area contributed by atoms with Gasteiger partial charge in [0.1, 0.15) is 0 Å². The zero-order chi connectivity index (χ0) is 21.0. The molecular formula is C18H17N3O5S3. The number of hydrogen-bond acceptors (Lipinski definition) is 7. The number of carbonyl (C=O) groups excluding carboxylic acids is 2. The summed E-state index contributed by atoms with van der Waals surface area (Å²) >= 11 is 2.63. The van der Waals surface area contributed by atoms with E-state index in [1.165, 1.54) is 36.7 Å². The molecule has 8 nitrogen and oxygen atoms in total. The zero-order valence-electron chi connectivity index (χ0n) is 15.3. The van der Waals surface area contributed by atoms with E-state index in [1.54, 1.807) is 16.7 Å². The number of carbonyl (C=O) groups is 2. The lowest BCUT2D eigenvalue weighted by atomic mass is 10.3. The van der Waals surface area contributed by atoms with Crippen LogP contribution in [0.25, 0.3) is 16.3 Å². The first-order valence-electron chi connectivity index (χ1n) is 8.31. The molecule has 3 aromatic rings. The molecular weight excluding hydrogens is 434 g/mol. The summed E-state index contributed by atoms with van der Waals surface area (Å²) in [4.78, 5) is 29.2. The van der Waals surface area contributed by atoms with Crippen LogP contribution in [0, 0.1) is 0 Å². The maximum Gasteiger partial charge on any atom is 0.307 e. The number of benzene rings is 1. The average molecular weight is 452 g/mol. The molecule has 0 bridgehead atoms. The van der Waals surface area contributed by atoms with Crippen molar-refractivity contribution in [3.8, 4) is 0 Å². The van der Waals surface area contributed by atoms with Gasteiger partial charge in [-0.1, -0.05) is 17.4 Å². The predicted octanol–water partition coefficient (Wildman–Crippen LogP) is 2.12. The minimum Gasteiger partial charge on any atom is -0.469 e. The molecule has 2 aromatic heterocycles. The van der Waals surface area contributed by atoms with Crippen LogP contribution >= 0.6 is 22.7 Å². The van der Waals surface area contributed by atoms with E-state index < -0.39 is 21.9 Å². The first-order chi connectivity index (χ1) is 13.8. The van der Waals surface area contributed by atoms with Crippen molar-refractivity contribution in [3.05, 3.63) is 51.5 Å². The molecule has 0 atom stereocenters. The SMILES string of the molecule is COC(=O)CCn1c(=NC(=O)/C=C/c2cccs2)sc2cc(S(N)(=O)=O)ccc21. The normalized spacial score (nSPS) is 12.7. The number of fused-ring (bicyclic) bond motifs is 1. The Hall–Kier alpha value is -2.60.